The largest absolute Gasteiger partial charge is 0.366 e. The van der Waals surface area contributed by atoms with Crippen LogP contribution in [0.1, 0.15) is 21.8 Å². The van der Waals surface area contributed by atoms with Crippen LogP contribution in [-0.2, 0) is 14.9 Å². The van der Waals surface area contributed by atoms with E-state index in [1.54, 1.807) is 0 Å². The Kier molecular flexibility index (Phi) is 5.24. The van der Waals surface area contributed by atoms with Crippen molar-refractivity contribution in [2.24, 2.45) is 5.73 Å². The Hall–Kier alpha value is -1.69. The maximum Gasteiger partial charge on any atom is 0.283 e. The number of primary amides is 1. The topological polar surface area (TPSA) is 111 Å². The highest BCUT2D eigenvalue weighted by Gasteiger charge is 2.33. The third-order valence-electron chi connectivity index (χ3n) is 3.23. The van der Waals surface area contributed by atoms with E-state index in [0.29, 0.717) is 0 Å². The molecule has 0 aliphatic carbocycles. The van der Waals surface area contributed by atoms with Gasteiger partial charge in [-0.2, -0.15) is 4.72 Å². The summed E-state index contributed by atoms with van der Waals surface area (Å²) in [5.74, 6) is -1.45. The van der Waals surface area contributed by atoms with Crippen LogP contribution in [0.2, 0.25) is 0 Å². The van der Waals surface area contributed by atoms with Crippen LogP contribution < -0.4 is 15.9 Å². The summed E-state index contributed by atoms with van der Waals surface area (Å²) in [5, 5.41) is 0. The molecule has 1 heterocycles. The maximum atomic E-state index is 13.1. The molecule has 1 amide bonds. The maximum absolute atomic E-state index is 13.1. The molecule has 0 saturated carbocycles. The molecule has 2 unspecified atom stereocenters. The summed E-state index contributed by atoms with van der Waals surface area (Å²) in [6, 6.07) is 3.60. The van der Waals surface area contributed by atoms with Gasteiger partial charge >= 0.3 is 0 Å². The zero-order valence-electron chi connectivity index (χ0n) is 11.6. The van der Waals surface area contributed by atoms with Gasteiger partial charge in [-0.25, -0.2) is 27.1 Å². The fourth-order valence-corrected chi connectivity index (χ4v) is 3.59. The molecule has 0 bridgehead atoms. The fourth-order valence-electron chi connectivity index (χ4n) is 2.24. The Labute approximate surface area is 130 Å². The fraction of sp³-hybridized carbons (Fsp3) is 0.417. The van der Waals surface area contributed by atoms with Gasteiger partial charge in [-0.1, -0.05) is 6.07 Å². The molecule has 2 atom stereocenters. The second kappa shape index (κ2) is 6.83. The second-order valence-corrected chi connectivity index (χ2v) is 6.48. The molecule has 1 aromatic rings. The van der Waals surface area contributed by atoms with Crippen LogP contribution in [0, 0.1) is 0 Å². The first kappa shape index (κ1) is 17.7. The van der Waals surface area contributed by atoms with Gasteiger partial charge in [0.05, 0.1) is 11.5 Å². The average molecular weight is 353 g/mol. The molecule has 1 aliphatic heterocycles. The summed E-state index contributed by atoms with van der Waals surface area (Å²) in [7, 11) is -4.62. The quantitative estimate of drug-likeness (QED) is 0.635. The minimum absolute atomic E-state index is 0.000957. The Morgan fingerprint density at radius 2 is 2.09 bits per heavy atom. The summed E-state index contributed by atoms with van der Waals surface area (Å²) in [6.07, 6.45) is -6.59. The SMILES string of the molecule is NC(=O)c1cccc(S(=O)(=O)NC(F)C(F)F)c1C1CNOC1. The second-order valence-electron chi connectivity index (χ2n) is 4.80. The number of hydroxylamine groups is 1. The number of amides is 1. The first-order chi connectivity index (χ1) is 10.7. The summed E-state index contributed by atoms with van der Waals surface area (Å²) in [6.45, 7) is 0.224. The Morgan fingerprint density at radius 1 is 1.39 bits per heavy atom. The minimum atomic E-state index is -4.62. The molecule has 0 aromatic heterocycles. The van der Waals surface area contributed by atoms with Crippen LogP contribution in [-0.4, -0.2) is 40.2 Å². The summed E-state index contributed by atoms with van der Waals surface area (Å²) < 4.78 is 63.3. The molecule has 7 nitrogen and oxygen atoms in total. The van der Waals surface area contributed by atoms with E-state index in [-0.39, 0.29) is 24.3 Å². The number of hydrogen-bond acceptors (Lipinski definition) is 5. The number of hydrogen-bond donors (Lipinski definition) is 3. The first-order valence-electron chi connectivity index (χ1n) is 6.46. The number of nitrogens with two attached hydrogens (primary N) is 1. The van der Waals surface area contributed by atoms with E-state index >= 15 is 0 Å². The van der Waals surface area contributed by atoms with Gasteiger partial charge < -0.3 is 10.6 Å². The lowest BCUT2D eigenvalue weighted by atomic mass is 9.95. The van der Waals surface area contributed by atoms with Crippen LogP contribution in [0.25, 0.3) is 0 Å². The molecular weight excluding hydrogens is 339 g/mol. The van der Waals surface area contributed by atoms with E-state index in [1.807, 2.05) is 0 Å². The van der Waals surface area contributed by atoms with Gasteiger partial charge in [0.1, 0.15) is 0 Å². The number of alkyl halides is 3. The van der Waals surface area contributed by atoms with Gasteiger partial charge in [0.2, 0.25) is 22.2 Å². The molecule has 1 aromatic carbocycles. The van der Waals surface area contributed by atoms with Crippen LogP contribution in [0.4, 0.5) is 13.2 Å². The molecule has 4 N–H and O–H groups in total. The molecule has 1 fully saturated rings. The molecule has 2 rings (SSSR count). The molecule has 11 heteroatoms. The van der Waals surface area contributed by atoms with Crippen molar-refractivity contribution in [3.63, 3.8) is 0 Å². The molecule has 1 saturated heterocycles. The number of halogens is 3. The number of carbonyl (C=O) groups excluding carboxylic acids is 1. The molecular formula is C12H14F3N3O4S. The molecule has 23 heavy (non-hydrogen) atoms. The number of benzene rings is 1. The highest BCUT2D eigenvalue weighted by molar-refractivity contribution is 7.89. The predicted octanol–water partition coefficient (Wildman–Crippen LogP) is 0.243. The average Bonchev–Trinajstić information content (AvgIpc) is 2.99. The van der Waals surface area contributed by atoms with Gasteiger partial charge in [-0.3, -0.25) is 4.79 Å². The van der Waals surface area contributed by atoms with Gasteiger partial charge in [-0.15, -0.1) is 0 Å². The van der Waals surface area contributed by atoms with Crippen LogP contribution in [0.3, 0.4) is 0 Å². The van der Waals surface area contributed by atoms with Crippen molar-refractivity contribution in [2.45, 2.75) is 23.5 Å². The number of carbonyl (C=O) groups is 1. The number of rotatable bonds is 6. The van der Waals surface area contributed by atoms with Crippen LogP contribution >= 0.6 is 0 Å². The van der Waals surface area contributed by atoms with Crippen molar-refractivity contribution in [3.8, 4) is 0 Å². The van der Waals surface area contributed by atoms with Crippen molar-refractivity contribution in [3.05, 3.63) is 29.3 Å². The van der Waals surface area contributed by atoms with Crippen molar-refractivity contribution in [1.82, 2.24) is 10.2 Å². The van der Waals surface area contributed by atoms with Crippen molar-refractivity contribution < 1.29 is 31.2 Å². The predicted molar refractivity (Wildman–Crippen MR) is 72.9 cm³/mol. The summed E-state index contributed by atoms with van der Waals surface area (Å²) in [5.41, 5.74) is 7.65. The molecule has 0 radical (unpaired) electrons. The van der Waals surface area contributed by atoms with Gasteiger partial charge in [0.15, 0.2) is 0 Å². The first-order valence-corrected chi connectivity index (χ1v) is 7.94. The highest BCUT2D eigenvalue weighted by atomic mass is 32.2. The standard InChI is InChI=1S/C12H14F3N3O4S/c13-10(14)11(15)18-23(20,21)8-3-1-2-7(12(16)19)9(8)6-4-17-22-5-6/h1-3,6,10-11,17-18H,4-5H2,(H2,16,19). The normalized spacial score (nSPS) is 19.9. The third-order valence-corrected chi connectivity index (χ3v) is 4.71. The minimum Gasteiger partial charge on any atom is -0.366 e. The van der Waals surface area contributed by atoms with Gasteiger partial charge in [0, 0.05) is 18.0 Å². The Morgan fingerprint density at radius 3 is 2.61 bits per heavy atom. The van der Waals surface area contributed by atoms with Crippen LogP contribution in [0.15, 0.2) is 23.1 Å². The zero-order chi connectivity index (χ0) is 17.2. The Bertz CT molecular complexity index is 693. The molecule has 1 aliphatic rings. The number of sulfonamides is 1. The van der Waals surface area contributed by atoms with Crippen molar-refractivity contribution in [2.75, 3.05) is 13.2 Å². The summed E-state index contributed by atoms with van der Waals surface area (Å²) in [4.78, 5) is 16.0. The molecule has 0 spiro atoms. The van der Waals surface area contributed by atoms with E-state index in [1.165, 1.54) is 16.9 Å². The Balaban J connectivity index is 2.53. The van der Waals surface area contributed by atoms with E-state index in [4.69, 9.17) is 10.6 Å². The smallest absolute Gasteiger partial charge is 0.283 e. The highest BCUT2D eigenvalue weighted by Crippen LogP contribution is 2.30. The van der Waals surface area contributed by atoms with E-state index in [9.17, 15) is 26.4 Å². The van der Waals surface area contributed by atoms with Crippen molar-refractivity contribution >= 4 is 15.9 Å². The lowest BCUT2D eigenvalue weighted by molar-refractivity contribution is 0.0440. The van der Waals surface area contributed by atoms with Gasteiger partial charge in [0.25, 0.3) is 6.43 Å². The van der Waals surface area contributed by atoms with Crippen LogP contribution in [0.5, 0.6) is 0 Å². The number of nitrogens with one attached hydrogen (secondary N) is 2. The lowest BCUT2D eigenvalue weighted by Gasteiger charge is -2.18. The monoisotopic (exact) mass is 353 g/mol. The zero-order valence-corrected chi connectivity index (χ0v) is 12.4. The van der Waals surface area contributed by atoms with E-state index < -0.39 is 39.5 Å². The third kappa shape index (κ3) is 3.80. The van der Waals surface area contributed by atoms with Crippen molar-refractivity contribution in [1.29, 1.82) is 0 Å². The summed E-state index contributed by atoms with van der Waals surface area (Å²) >= 11 is 0. The van der Waals surface area contributed by atoms with E-state index in [0.717, 1.165) is 6.07 Å². The van der Waals surface area contributed by atoms with E-state index in [2.05, 4.69) is 5.48 Å². The lowest BCUT2D eigenvalue weighted by Crippen LogP contribution is -2.37. The van der Waals surface area contributed by atoms with Gasteiger partial charge in [-0.05, 0) is 17.7 Å². The molecule has 128 valence electrons.